The van der Waals surface area contributed by atoms with Crippen LogP contribution in [0.15, 0.2) is 108 Å². The van der Waals surface area contributed by atoms with E-state index in [1.807, 2.05) is 42.5 Å². The van der Waals surface area contributed by atoms with Crippen LogP contribution in [0.3, 0.4) is 0 Å². The summed E-state index contributed by atoms with van der Waals surface area (Å²) in [6, 6.07) is 27.3. The highest BCUT2D eigenvalue weighted by atomic mass is 35.5. The Hall–Kier alpha value is -4.42. The fourth-order valence-corrected chi connectivity index (χ4v) is 5.89. The van der Waals surface area contributed by atoms with Crippen molar-refractivity contribution in [1.82, 2.24) is 0 Å². The van der Waals surface area contributed by atoms with Gasteiger partial charge in [0.05, 0.1) is 24.5 Å². The number of benzene rings is 4. The molecular weight excluding hydrogens is 527 g/mol. The number of para-hydroxylation sites is 2. The number of allylic oxidation sites excluding steroid dienone is 1. The third-order valence-electron chi connectivity index (χ3n) is 7.59. The average molecular weight is 553 g/mol. The maximum atomic E-state index is 14.4. The number of ether oxygens (including phenoxy) is 1. The van der Waals surface area contributed by atoms with Crippen molar-refractivity contribution >= 4 is 34.7 Å². The molecule has 1 aliphatic carbocycles. The molecule has 0 aromatic heterocycles. The molecule has 6 rings (SSSR count). The number of ketones is 1. The van der Waals surface area contributed by atoms with E-state index >= 15 is 0 Å². The van der Waals surface area contributed by atoms with Crippen LogP contribution in [-0.4, -0.2) is 18.8 Å². The van der Waals surface area contributed by atoms with Gasteiger partial charge in [-0.25, -0.2) is 4.39 Å². The number of nitrogens with zero attached hydrogens (tertiary/aromatic N) is 1. The topological polar surface area (TPSA) is 58.6 Å². The highest BCUT2D eigenvalue weighted by Gasteiger charge is 2.42. The van der Waals surface area contributed by atoms with E-state index in [0.717, 1.165) is 11.3 Å². The van der Waals surface area contributed by atoms with Crippen molar-refractivity contribution in [2.75, 3.05) is 17.3 Å². The Morgan fingerprint density at radius 2 is 1.62 bits per heavy atom. The number of anilines is 2. The summed E-state index contributed by atoms with van der Waals surface area (Å²) in [5.41, 5.74) is 4.57. The maximum absolute atomic E-state index is 14.4. The molecule has 7 heteroatoms. The Morgan fingerprint density at radius 1 is 0.925 bits per heavy atom. The van der Waals surface area contributed by atoms with Crippen LogP contribution in [-0.2, 0) is 4.79 Å². The zero-order valence-corrected chi connectivity index (χ0v) is 22.5. The summed E-state index contributed by atoms with van der Waals surface area (Å²) >= 11 is 6.77. The molecule has 2 aliphatic rings. The fourth-order valence-electron chi connectivity index (χ4n) is 5.65. The fraction of sp³-hybridized carbons (Fsp3) is 0.152. The smallest absolute Gasteiger partial charge is 0.259 e. The van der Waals surface area contributed by atoms with E-state index in [2.05, 4.69) is 5.32 Å². The van der Waals surface area contributed by atoms with Gasteiger partial charge in [-0.15, -0.1) is 0 Å². The Bertz CT molecular complexity index is 1630. The molecule has 4 aromatic carbocycles. The summed E-state index contributed by atoms with van der Waals surface area (Å²) in [4.78, 5) is 30.1. The van der Waals surface area contributed by atoms with E-state index in [9.17, 15) is 14.0 Å². The summed E-state index contributed by atoms with van der Waals surface area (Å²) in [6.45, 7) is 0. The van der Waals surface area contributed by atoms with Gasteiger partial charge in [-0.05, 0) is 78.1 Å². The minimum Gasteiger partial charge on any atom is -0.497 e. The van der Waals surface area contributed by atoms with Gasteiger partial charge in [0.25, 0.3) is 5.91 Å². The number of carbonyl (C=O) groups excluding carboxylic acids is 2. The second-order valence-corrected chi connectivity index (χ2v) is 10.3. The van der Waals surface area contributed by atoms with Gasteiger partial charge in [0, 0.05) is 28.3 Å². The maximum Gasteiger partial charge on any atom is 0.259 e. The Balaban J connectivity index is 1.55. The molecule has 0 fully saturated rings. The number of nitrogens with one attached hydrogen (secondary N) is 1. The SMILES string of the molecule is COc1ccc(C(=O)N2c3ccccc3NC3=C(C(=O)C[C@@H](c4ccc(F)cc4)C3)[C@H]2c2ccccc2Cl)cc1. The minimum absolute atomic E-state index is 0.0895. The molecule has 1 amide bonds. The Labute approximate surface area is 236 Å². The summed E-state index contributed by atoms with van der Waals surface area (Å²) in [6.07, 6.45) is 0.751. The van der Waals surface area contributed by atoms with Crippen molar-refractivity contribution in [3.05, 3.63) is 136 Å². The summed E-state index contributed by atoms with van der Waals surface area (Å²) in [5, 5.41) is 3.96. The Morgan fingerprint density at radius 3 is 2.35 bits per heavy atom. The van der Waals surface area contributed by atoms with Gasteiger partial charge in [0.2, 0.25) is 0 Å². The van der Waals surface area contributed by atoms with Crippen LogP contribution in [0.25, 0.3) is 0 Å². The first kappa shape index (κ1) is 25.8. The molecule has 40 heavy (non-hydrogen) atoms. The lowest BCUT2D eigenvalue weighted by molar-refractivity contribution is -0.116. The number of methoxy groups -OCH3 is 1. The van der Waals surface area contributed by atoms with Gasteiger partial charge in [-0.2, -0.15) is 0 Å². The van der Waals surface area contributed by atoms with Crippen LogP contribution in [0, 0.1) is 5.82 Å². The van der Waals surface area contributed by atoms with E-state index in [4.69, 9.17) is 16.3 Å². The monoisotopic (exact) mass is 552 g/mol. The number of amides is 1. The zero-order chi connectivity index (χ0) is 27.8. The van der Waals surface area contributed by atoms with Crippen molar-refractivity contribution in [1.29, 1.82) is 0 Å². The highest BCUT2D eigenvalue weighted by Crippen LogP contribution is 2.49. The van der Waals surface area contributed by atoms with Gasteiger partial charge < -0.3 is 10.1 Å². The molecule has 1 aliphatic heterocycles. The first-order valence-corrected chi connectivity index (χ1v) is 13.4. The van der Waals surface area contributed by atoms with E-state index in [1.54, 1.807) is 54.5 Å². The summed E-state index contributed by atoms with van der Waals surface area (Å²) in [7, 11) is 1.57. The summed E-state index contributed by atoms with van der Waals surface area (Å²) in [5.74, 6) is -0.185. The van der Waals surface area contributed by atoms with Crippen LogP contribution < -0.4 is 15.0 Å². The first-order chi connectivity index (χ1) is 19.4. The number of carbonyl (C=O) groups is 2. The predicted molar refractivity (Wildman–Crippen MR) is 154 cm³/mol. The quantitative estimate of drug-likeness (QED) is 0.282. The molecule has 0 unspecified atom stereocenters. The first-order valence-electron chi connectivity index (χ1n) is 13.0. The van der Waals surface area contributed by atoms with Crippen molar-refractivity contribution in [3.8, 4) is 5.75 Å². The van der Waals surface area contributed by atoms with Crippen LogP contribution in [0.4, 0.5) is 15.8 Å². The molecule has 0 saturated heterocycles. The van der Waals surface area contributed by atoms with Crippen LogP contribution in [0.2, 0.25) is 5.02 Å². The van der Waals surface area contributed by atoms with Crippen LogP contribution >= 0.6 is 11.6 Å². The van der Waals surface area contributed by atoms with Crippen molar-refractivity contribution in [3.63, 3.8) is 0 Å². The number of rotatable bonds is 4. The molecule has 1 N–H and O–H groups in total. The lowest BCUT2D eigenvalue weighted by atomic mass is 9.78. The van der Waals surface area contributed by atoms with Crippen LogP contribution in [0.5, 0.6) is 5.75 Å². The molecule has 1 heterocycles. The molecule has 4 aromatic rings. The van der Waals surface area contributed by atoms with Crippen molar-refractivity contribution in [2.45, 2.75) is 24.8 Å². The number of hydrogen-bond acceptors (Lipinski definition) is 4. The lowest BCUT2D eigenvalue weighted by Crippen LogP contribution is -2.38. The largest absolute Gasteiger partial charge is 0.497 e. The predicted octanol–water partition coefficient (Wildman–Crippen LogP) is 7.70. The number of halogens is 2. The number of fused-ring (bicyclic) bond motifs is 1. The van der Waals surface area contributed by atoms with E-state index < -0.39 is 6.04 Å². The zero-order valence-electron chi connectivity index (χ0n) is 21.7. The second kappa shape index (κ2) is 10.6. The third-order valence-corrected chi connectivity index (χ3v) is 7.93. The normalized spacial score (nSPS) is 18.4. The van der Waals surface area contributed by atoms with Gasteiger partial charge >= 0.3 is 0 Å². The van der Waals surface area contributed by atoms with Gasteiger partial charge in [0.1, 0.15) is 11.6 Å². The molecule has 0 spiro atoms. The average Bonchev–Trinajstić information content (AvgIpc) is 3.12. The highest BCUT2D eigenvalue weighted by molar-refractivity contribution is 6.31. The Kier molecular flexibility index (Phi) is 6.86. The molecule has 200 valence electrons. The minimum atomic E-state index is -0.767. The van der Waals surface area contributed by atoms with Gasteiger partial charge in [-0.1, -0.05) is 54.1 Å². The second-order valence-electron chi connectivity index (χ2n) is 9.94. The molecule has 0 saturated carbocycles. The number of Topliss-reactive ketones (excluding diaryl/α,β-unsaturated/α-hetero) is 1. The van der Waals surface area contributed by atoms with Crippen LogP contribution in [0.1, 0.15) is 46.3 Å². The molecule has 0 radical (unpaired) electrons. The molecular formula is C33H26ClFN2O3. The number of hydrogen-bond donors (Lipinski definition) is 1. The molecule has 0 bridgehead atoms. The lowest BCUT2D eigenvalue weighted by Gasteiger charge is -2.35. The third kappa shape index (κ3) is 4.65. The van der Waals surface area contributed by atoms with Gasteiger partial charge in [-0.3, -0.25) is 14.5 Å². The molecule has 2 atom stereocenters. The van der Waals surface area contributed by atoms with Crippen molar-refractivity contribution < 1.29 is 18.7 Å². The standard InChI is InChI=1S/C33H26ClFN2O3/c1-40-24-16-12-21(13-17-24)33(39)37-29-9-5-4-8-27(29)36-28-18-22(20-10-14-23(35)15-11-20)19-30(38)31(28)32(37)25-6-2-3-7-26(25)34/h2-17,22,32,36H,18-19H2,1H3/t22-,32+/m0/s1. The van der Waals surface area contributed by atoms with Crippen molar-refractivity contribution in [2.24, 2.45) is 0 Å². The van der Waals surface area contributed by atoms with E-state index in [1.165, 1.54) is 12.1 Å². The summed E-state index contributed by atoms with van der Waals surface area (Å²) < 4.78 is 18.9. The van der Waals surface area contributed by atoms with E-state index in [-0.39, 0.29) is 29.8 Å². The molecule has 5 nitrogen and oxygen atoms in total. The van der Waals surface area contributed by atoms with E-state index in [0.29, 0.717) is 45.3 Å². The van der Waals surface area contributed by atoms with Gasteiger partial charge in [0.15, 0.2) is 5.78 Å².